The molecule has 2 aliphatic carbocycles. The Morgan fingerprint density at radius 3 is 2.80 bits per heavy atom. The fourth-order valence-electron chi connectivity index (χ4n) is 3.28. The highest BCUT2D eigenvalue weighted by Crippen LogP contribution is 2.31. The van der Waals surface area contributed by atoms with Crippen LogP contribution < -0.4 is 5.32 Å². The minimum atomic E-state index is -0.741. The Bertz CT molecular complexity index is 537. The third kappa shape index (κ3) is 2.59. The molecule has 0 radical (unpaired) electrons. The van der Waals surface area contributed by atoms with Crippen molar-refractivity contribution >= 4 is 23.2 Å². The van der Waals surface area contributed by atoms with Crippen molar-refractivity contribution in [2.24, 2.45) is 5.92 Å². The number of hydrogen-bond donors (Lipinski definition) is 2. The van der Waals surface area contributed by atoms with E-state index in [2.05, 4.69) is 5.32 Å². The van der Waals surface area contributed by atoms with Gasteiger partial charge in [-0.1, -0.05) is 0 Å². The molecule has 1 aromatic heterocycles. The zero-order valence-corrected chi connectivity index (χ0v) is 12.2. The Labute approximate surface area is 122 Å². The number of amides is 1. The molecule has 4 nitrogen and oxygen atoms in total. The summed E-state index contributed by atoms with van der Waals surface area (Å²) in [7, 11) is 0. The Morgan fingerprint density at radius 2 is 2.05 bits per heavy atom. The molecule has 1 heterocycles. The topological polar surface area (TPSA) is 66.4 Å². The Kier molecular flexibility index (Phi) is 3.78. The van der Waals surface area contributed by atoms with Gasteiger partial charge in [-0.25, -0.2) is 0 Å². The van der Waals surface area contributed by atoms with Crippen LogP contribution in [-0.2, 0) is 17.6 Å². The van der Waals surface area contributed by atoms with Gasteiger partial charge in [-0.15, -0.1) is 11.3 Å². The summed E-state index contributed by atoms with van der Waals surface area (Å²) in [5, 5.41) is 14.0. The Morgan fingerprint density at radius 1 is 1.25 bits per heavy atom. The van der Waals surface area contributed by atoms with Gasteiger partial charge in [-0.05, 0) is 50.5 Å². The zero-order valence-electron chi connectivity index (χ0n) is 11.4. The number of carboxylic acid groups (broad SMARTS) is 1. The van der Waals surface area contributed by atoms with E-state index in [1.54, 1.807) is 11.3 Å². The molecule has 2 aliphatic rings. The van der Waals surface area contributed by atoms with E-state index in [9.17, 15) is 9.59 Å². The molecular weight excluding hydrogens is 274 g/mol. The van der Waals surface area contributed by atoms with Crippen molar-refractivity contribution < 1.29 is 14.7 Å². The van der Waals surface area contributed by atoms with Crippen molar-refractivity contribution in [3.05, 3.63) is 21.4 Å². The SMILES string of the molecule is O=C(N[C@H]1CC[C@@H](C(=O)O)C1)c1csc2c1CCCC2. The van der Waals surface area contributed by atoms with Gasteiger partial charge in [0.05, 0.1) is 11.5 Å². The largest absolute Gasteiger partial charge is 0.481 e. The molecule has 2 N–H and O–H groups in total. The minimum absolute atomic E-state index is 0.0135. The molecule has 0 saturated heterocycles. The van der Waals surface area contributed by atoms with Gasteiger partial charge in [0.2, 0.25) is 0 Å². The zero-order chi connectivity index (χ0) is 14.1. The fourth-order valence-corrected chi connectivity index (χ4v) is 4.41. The summed E-state index contributed by atoms with van der Waals surface area (Å²) in [4.78, 5) is 24.7. The molecule has 1 saturated carbocycles. The van der Waals surface area contributed by atoms with Crippen LogP contribution in [0.25, 0.3) is 0 Å². The quantitative estimate of drug-likeness (QED) is 0.900. The van der Waals surface area contributed by atoms with E-state index in [1.165, 1.54) is 16.9 Å². The van der Waals surface area contributed by atoms with E-state index < -0.39 is 5.97 Å². The second-order valence-corrected chi connectivity index (χ2v) is 6.74. The lowest BCUT2D eigenvalue weighted by Gasteiger charge is -2.15. The van der Waals surface area contributed by atoms with E-state index in [1.807, 2.05) is 5.38 Å². The van der Waals surface area contributed by atoms with Gasteiger partial charge in [0, 0.05) is 16.3 Å². The summed E-state index contributed by atoms with van der Waals surface area (Å²) >= 11 is 1.69. The van der Waals surface area contributed by atoms with Crippen molar-refractivity contribution in [1.82, 2.24) is 5.32 Å². The molecule has 0 aromatic carbocycles. The molecule has 0 bridgehead atoms. The van der Waals surface area contributed by atoms with Gasteiger partial charge in [-0.2, -0.15) is 0 Å². The minimum Gasteiger partial charge on any atom is -0.481 e. The number of aliphatic carboxylic acids is 1. The highest BCUT2D eigenvalue weighted by atomic mass is 32.1. The Balaban J connectivity index is 1.65. The number of nitrogens with one attached hydrogen (secondary N) is 1. The first kappa shape index (κ1) is 13.6. The first-order valence-electron chi connectivity index (χ1n) is 7.28. The standard InChI is InChI=1S/C15H19NO3S/c17-14(16-10-6-5-9(7-10)15(18)19)12-8-20-13-4-2-1-3-11(12)13/h8-10H,1-7H2,(H,16,17)(H,18,19)/t9-,10+/m1/s1. The fraction of sp³-hybridized carbons (Fsp3) is 0.600. The summed E-state index contributed by atoms with van der Waals surface area (Å²) in [6.07, 6.45) is 6.48. The summed E-state index contributed by atoms with van der Waals surface area (Å²) in [5.74, 6) is -1.05. The lowest BCUT2D eigenvalue weighted by Crippen LogP contribution is -2.33. The summed E-state index contributed by atoms with van der Waals surface area (Å²) in [6.45, 7) is 0. The van der Waals surface area contributed by atoms with Crippen molar-refractivity contribution in [2.45, 2.75) is 51.0 Å². The number of aryl methyl sites for hydroxylation is 1. The third-order valence-corrected chi connectivity index (χ3v) is 5.51. The maximum atomic E-state index is 12.4. The van der Waals surface area contributed by atoms with Crippen LogP contribution in [0.4, 0.5) is 0 Å². The van der Waals surface area contributed by atoms with Crippen LogP contribution in [0.15, 0.2) is 5.38 Å². The van der Waals surface area contributed by atoms with Crippen molar-refractivity contribution in [2.75, 3.05) is 0 Å². The van der Waals surface area contributed by atoms with Gasteiger partial charge in [0.15, 0.2) is 0 Å². The van der Waals surface area contributed by atoms with E-state index in [0.717, 1.165) is 31.2 Å². The van der Waals surface area contributed by atoms with Crippen LogP contribution in [0, 0.1) is 5.92 Å². The first-order valence-corrected chi connectivity index (χ1v) is 8.16. The summed E-state index contributed by atoms with van der Waals surface area (Å²) in [6, 6.07) is 0.0164. The van der Waals surface area contributed by atoms with Crippen LogP contribution in [0.5, 0.6) is 0 Å². The lowest BCUT2D eigenvalue weighted by atomic mass is 9.95. The molecule has 1 aromatic rings. The van der Waals surface area contributed by atoms with Gasteiger partial charge in [-0.3, -0.25) is 9.59 Å². The second kappa shape index (κ2) is 5.56. The highest BCUT2D eigenvalue weighted by molar-refractivity contribution is 7.10. The molecular formula is C15H19NO3S. The van der Waals surface area contributed by atoms with Crippen LogP contribution in [0.1, 0.15) is 52.9 Å². The molecule has 3 rings (SSSR count). The third-order valence-electron chi connectivity index (χ3n) is 4.42. The van der Waals surface area contributed by atoms with Gasteiger partial charge in [0.1, 0.15) is 0 Å². The summed E-state index contributed by atoms with van der Waals surface area (Å²) in [5.41, 5.74) is 2.05. The van der Waals surface area contributed by atoms with Crippen molar-refractivity contribution in [3.63, 3.8) is 0 Å². The maximum Gasteiger partial charge on any atom is 0.306 e. The molecule has 108 valence electrons. The van der Waals surface area contributed by atoms with E-state index in [4.69, 9.17) is 5.11 Å². The number of hydrogen-bond acceptors (Lipinski definition) is 3. The normalized spacial score (nSPS) is 25.2. The number of thiophene rings is 1. The highest BCUT2D eigenvalue weighted by Gasteiger charge is 2.31. The molecule has 0 unspecified atom stereocenters. The van der Waals surface area contributed by atoms with Gasteiger partial charge < -0.3 is 10.4 Å². The molecule has 0 spiro atoms. The average Bonchev–Trinajstić information content (AvgIpc) is 3.04. The monoisotopic (exact) mass is 293 g/mol. The van der Waals surface area contributed by atoms with Gasteiger partial charge >= 0.3 is 5.97 Å². The number of carbonyl (C=O) groups is 2. The number of carbonyl (C=O) groups excluding carboxylic acids is 1. The van der Waals surface area contributed by atoms with Crippen molar-refractivity contribution in [1.29, 1.82) is 0 Å². The molecule has 1 fully saturated rings. The second-order valence-electron chi connectivity index (χ2n) is 5.78. The van der Waals surface area contributed by atoms with E-state index in [-0.39, 0.29) is 17.9 Å². The van der Waals surface area contributed by atoms with Crippen LogP contribution in [0.2, 0.25) is 0 Å². The average molecular weight is 293 g/mol. The van der Waals surface area contributed by atoms with Gasteiger partial charge in [0.25, 0.3) is 5.91 Å². The van der Waals surface area contributed by atoms with E-state index in [0.29, 0.717) is 12.8 Å². The molecule has 0 aliphatic heterocycles. The molecule has 2 atom stereocenters. The molecule has 20 heavy (non-hydrogen) atoms. The maximum absolute atomic E-state index is 12.4. The van der Waals surface area contributed by atoms with Crippen LogP contribution >= 0.6 is 11.3 Å². The molecule has 1 amide bonds. The number of carboxylic acids is 1. The van der Waals surface area contributed by atoms with E-state index >= 15 is 0 Å². The smallest absolute Gasteiger partial charge is 0.306 e. The number of fused-ring (bicyclic) bond motifs is 1. The predicted octanol–water partition coefficient (Wildman–Crippen LogP) is 2.61. The predicted molar refractivity (Wildman–Crippen MR) is 77.2 cm³/mol. The van der Waals surface area contributed by atoms with Crippen LogP contribution in [-0.4, -0.2) is 23.0 Å². The summed E-state index contributed by atoms with van der Waals surface area (Å²) < 4.78 is 0. The molecule has 5 heteroatoms. The lowest BCUT2D eigenvalue weighted by molar-refractivity contribution is -0.141. The number of rotatable bonds is 3. The van der Waals surface area contributed by atoms with Crippen LogP contribution in [0.3, 0.4) is 0 Å². The Hall–Kier alpha value is -1.36. The van der Waals surface area contributed by atoms with Crippen molar-refractivity contribution in [3.8, 4) is 0 Å². The first-order chi connectivity index (χ1) is 9.65.